The van der Waals surface area contributed by atoms with Crippen LogP contribution in [0.2, 0.25) is 0 Å². The fourth-order valence-corrected chi connectivity index (χ4v) is 7.34. The van der Waals surface area contributed by atoms with Crippen molar-refractivity contribution in [1.82, 2.24) is 15.7 Å². The Kier molecular flexibility index (Phi) is 7.53. The summed E-state index contributed by atoms with van der Waals surface area (Å²) in [4.78, 5) is 45.7. The molecule has 7 rings (SSSR count). The largest absolute Gasteiger partial charge is 0.458 e. The van der Waals surface area contributed by atoms with E-state index in [2.05, 4.69) is 22.8 Å². The van der Waals surface area contributed by atoms with Crippen molar-refractivity contribution in [2.24, 2.45) is 11.3 Å². The molecule has 1 aromatic carbocycles. The predicted molar refractivity (Wildman–Crippen MR) is 145 cm³/mol. The lowest BCUT2D eigenvalue weighted by atomic mass is 9.62. The zero-order chi connectivity index (χ0) is 28.8. The zero-order valence-corrected chi connectivity index (χ0v) is 23.3. The Balaban J connectivity index is 1.06. The number of hydrogen-bond acceptors (Lipinski definition) is 10. The molecule has 9 atom stereocenters. The first-order valence-electron chi connectivity index (χ1n) is 14.9. The van der Waals surface area contributed by atoms with Crippen LogP contribution in [0.25, 0.3) is 6.08 Å². The highest BCUT2D eigenvalue weighted by atomic mass is 16.8. The quantitative estimate of drug-likeness (QED) is 0.262. The van der Waals surface area contributed by atoms with E-state index in [0.29, 0.717) is 18.1 Å². The molecule has 226 valence electrons. The number of hydrogen-bond donors (Lipinski definition) is 3. The van der Waals surface area contributed by atoms with Gasteiger partial charge in [-0.3, -0.25) is 19.2 Å². The molecule has 0 spiro atoms. The Bertz CT molecular complexity index is 1240. The highest BCUT2D eigenvalue weighted by molar-refractivity contribution is 5.93. The number of esters is 1. The summed E-state index contributed by atoms with van der Waals surface area (Å²) in [6.07, 6.45) is 6.53. The molecule has 4 heterocycles. The Morgan fingerprint density at radius 3 is 2.69 bits per heavy atom. The van der Waals surface area contributed by atoms with E-state index in [4.69, 9.17) is 28.9 Å². The van der Waals surface area contributed by atoms with E-state index in [-0.39, 0.29) is 57.7 Å². The van der Waals surface area contributed by atoms with Crippen LogP contribution in [-0.4, -0.2) is 97.1 Å². The summed E-state index contributed by atoms with van der Waals surface area (Å²) < 4.78 is 23.1. The molecule has 2 amide bonds. The summed E-state index contributed by atoms with van der Waals surface area (Å²) >= 11 is 0. The molecule has 1 aromatic rings. The van der Waals surface area contributed by atoms with Gasteiger partial charge in [0.15, 0.2) is 6.04 Å². The van der Waals surface area contributed by atoms with Gasteiger partial charge in [0.05, 0.1) is 25.4 Å². The van der Waals surface area contributed by atoms with Gasteiger partial charge in [-0.05, 0) is 36.3 Å². The number of nitrogens with one attached hydrogen (secondary N) is 2. The summed E-state index contributed by atoms with van der Waals surface area (Å²) in [5.74, 6) is -0.662. The van der Waals surface area contributed by atoms with Crippen LogP contribution >= 0.6 is 0 Å². The Morgan fingerprint density at radius 2 is 1.88 bits per heavy atom. The molecule has 12 heteroatoms. The Morgan fingerprint density at radius 1 is 1.05 bits per heavy atom. The Hall–Kier alpha value is -2.87. The van der Waals surface area contributed by atoms with Crippen molar-refractivity contribution < 1.29 is 43.3 Å². The number of rotatable bonds is 10. The lowest BCUT2D eigenvalue weighted by molar-refractivity contribution is -0.201. The van der Waals surface area contributed by atoms with Crippen molar-refractivity contribution in [3.63, 3.8) is 0 Å². The molecule has 3 N–H and O–H groups in total. The third kappa shape index (κ3) is 5.03. The van der Waals surface area contributed by atoms with E-state index >= 15 is 0 Å². The maximum absolute atomic E-state index is 13.9. The molecular formula is C30H37N3O9. The number of amides is 2. The highest BCUT2D eigenvalue weighted by Crippen LogP contribution is 2.55. The topological polar surface area (TPSA) is 148 Å². The number of nitrogens with zero attached hydrogens (tertiary/aromatic N) is 1. The molecule has 2 saturated carbocycles. The summed E-state index contributed by atoms with van der Waals surface area (Å²) in [5, 5.41) is 15.9. The molecule has 4 saturated heterocycles. The molecule has 4 aliphatic heterocycles. The number of aliphatic hydroxyl groups excluding tert-OH is 1. The summed E-state index contributed by atoms with van der Waals surface area (Å²) in [7, 11) is 0. The van der Waals surface area contributed by atoms with Crippen molar-refractivity contribution in [3.8, 4) is 0 Å². The Labute approximate surface area is 243 Å². The molecule has 2 aliphatic carbocycles. The zero-order valence-electron chi connectivity index (χ0n) is 23.3. The van der Waals surface area contributed by atoms with Crippen LogP contribution in [0.3, 0.4) is 0 Å². The van der Waals surface area contributed by atoms with Gasteiger partial charge in [0.2, 0.25) is 11.8 Å². The minimum Gasteiger partial charge on any atom is -0.458 e. The summed E-state index contributed by atoms with van der Waals surface area (Å²) in [5.41, 5.74) is 0.749. The van der Waals surface area contributed by atoms with Crippen molar-refractivity contribution in [2.45, 2.75) is 81.3 Å². The second kappa shape index (κ2) is 11.3. The van der Waals surface area contributed by atoms with Crippen molar-refractivity contribution in [1.29, 1.82) is 0 Å². The van der Waals surface area contributed by atoms with Gasteiger partial charge in [-0.1, -0.05) is 36.4 Å². The number of carbonyl (C=O) groups is 3. The first-order valence-corrected chi connectivity index (χ1v) is 14.9. The number of epoxide rings is 1. The molecule has 2 bridgehead atoms. The maximum atomic E-state index is 13.9. The van der Waals surface area contributed by atoms with E-state index in [0.717, 1.165) is 30.4 Å². The minimum absolute atomic E-state index is 0.0285. The van der Waals surface area contributed by atoms with Gasteiger partial charge in [0, 0.05) is 25.9 Å². The fourth-order valence-electron chi connectivity index (χ4n) is 7.34. The van der Waals surface area contributed by atoms with Gasteiger partial charge in [-0.25, -0.2) is 0 Å². The molecule has 12 nitrogen and oxygen atoms in total. The molecule has 0 aromatic heterocycles. The van der Waals surface area contributed by atoms with Crippen LogP contribution < -0.4 is 10.6 Å². The average Bonchev–Trinajstić information content (AvgIpc) is 3.42. The van der Waals surface area contributed by atoms with Crippen LogP contribution in [0, 0.1) is 11.3 Å². The van der Waals surface area contributed by atoms with E-state index in [1.54, 1.807) is 5.06 Å². The number of ether oxygens (including phenoxy) is 4. The average molecular weight is 584 g/mol. The maximum Gasteiger partial charge on any atom is 0.327 e. The number of aliphatic hydroxyl groups is 1. The number of fused-ring (bicyclic) bond motifs is 5. The first-order chi connectivity index (χ1) is 20.5. The fraction of sp³-hybridized carbons (Fsp3) is 0.633. The normalized spacial score (nSPS) is 38.1. The molecule has 6 aliphatic rings. The van der Waals surface area contributed by atoms with Crippen molar-refractivity contribution in [2.75, 3.05) is 26.5 Å². The second-order valence-electron chi connectivity index (χ2n) is 12.1. The van der Waals surface area contributed by atoms with Gasteiger partial charge < -0.3 is 34.7 Å². The van der Waals surface area contributed by atoms with E-state index in [1.807, 2.05) is 24.3 Å². The minimum atomic E-state index is -1.26. The van der Waals surface area contributed by atoms with Crippen LogP contribution in [0.5, 0.6) is 0 Å². The lowest BCUT2D eigenvalue weighted by Gasteiger charge is -2.48. The third-order valence-electron chi connectivity index (χ3n) is 9.49. The molecule has 6 fully saturated rings. The van der Waals surface area contributed by atoms with Crippen molar-refractivity contribution >= 4 is 23.9 Å². The third-order valence-corrected chi connectivity index (χ3v) is 9.49. The second-order valence-corrected chi connectivity index (χ2v) is 12.1. The number of benzene rings is 1. The lowest BCUT2D eigenvalue weighted by Crippen LogP contribution is -2.69. The van der Waals surface area contributed by atoms with Gasteiger partial charge in [0.25, 0.3) is 0 Å². The van der Waals surface area contributed by atoms with E-state index in [9.17, 15) is 14.4 Å². The van der Waals surface area contributed by atoms with Gasteiger partial charge in [-0.2, -0.15) is 5.06 Å². The SMILES string of the molecule is O=C(CCNC(=O)[C@@]12C[C@H]3OC(=O)[C@@H]1N(Cc1ccc(C=CC4CCC5OC5C4)cc1)O[C@@H]2[C@H]1OCO[C@H]13)NCCO. The van der Waals surface area contributed by atoms with Gasteiger partial charge >= 0.3 is 5.97 Å². The molecule has 42 heavy (non-hydrogen) atoms. The van der Waals surface area contributed by atoms with E-state index < -0.39 is 41.8 Å². The van der Waals surface area contributed by atoms with Crippen LogP contribution in [0.4, 0.5) is 0 Å². The monoisotopic (exact) mass is 583 g/mol. The van der Waals surface area contributed by atoms with Crippen LogP contribution in [-0.2, 0) is 44.7 Å². The number of allylic oxidation sites excluding steroid dienone is 1. The van der Waals surface area contributed by atoms with Crippen LogP contribution in [0.15, 0.2) is 30.3 Å². The highest BCUT2D eigenvalue weighted by Gasteiger charge is 2.74. The first kappa shape index (κ1) is 27.9. The van der Waals surface area contributed by atoms with Gasteiger partial charge in [0.1, 0.15) is 36.6 Å². The molecule has 3 unspecified atom stereocenters. The standard InChI is InChI=1S/C30H37N3O9/c34-12-11-31-23(35)9-10-32-29(37)30-14-22-24-25(39-16-38-24)27(30)42-33(26(30)28(36)41-22)15-19-5-2-17(3-6-19)1-4-18-7-8-20-21(13-18)40-20/h1-6,18,20-22,24-27,34H,7-16H2,(H,31,35)(H,32,37)/t18?,20?,21?,22-,24+,25+,26+,27-,30+/m1/s1. The smallest absolute Gasteiger partial charge is 0.327 e. The predicted octanol–water partition coefficient (Wildman–Crippen LogP) is 0.424. The summed E-state index contributed by atoms with van der Waals surface area (Å²) in [6, 6.07) is 7.10. The molecular weight excluding hydrogens is 546 g/mol. The van der Waals surface area contributed by atoms with Crippen LogP contribution in [0.1, 0.15) is 43.2 Å². The summed E-state index contributed by atoms with van der Waals surface area (Å²) in [6.45, 7) is 0.353. The van der Waals surface area contributed by atoms with E-state index in [1.165, 1.54) is 0 Å². The van der Waals surface area contributed by atoms with Gasteiger partial charge in [-0.15, -0.1) is 0 Å². The molecule has 0 radical (unpaired) electrons. The number of hydroxylamine groups is 2. The number of carbonyl (C=O) groups excluding carboxylic acids is 3. The van der Waals surface area contributed by atoms with Crippen molar-refractivity contribution in [3.05, 3.63) is 41.5 Å².